The van der Waals surface area contributed by atoms with Crippen molar-refractivity contribution in [1.29, 1.82) is 0 Å². The number of hydrogen-bond donors (Lipinski definition) is 1. The lowest BCUT2D eigenvalue weighted by Gasteiger charge is -2.23. The van der Waals surface area contributed by atoms with E-state index in [4.69, 9.17) is 5.26 Å². The van der Waals surface area contributed by atoms with Gasteiger partial charge in [0.1, 0.15) is 6.10 Å². The molecule has 1 N–H and O–H groups in total. The number of rotatable bonds is 2. The van der Waals surface area contributed by atoms with Crippen LogP contribution in [0.2, 0.25) is 0 Å². The Labute approximate surface area is 73.5 Å². The quantitative estimate of drug-likeness (QED) is 0.507. The van der Waals surface area contributed by atoms with Gasteiger partial charge in [0.25, 0.3) is 0 Å². The molecule has 0 fully saturated rings. The van der Waals surface area contributed by atoms with Gasteiger partial charge in [-0.1, -0.05) is 31.6 Å². The van der Waals surface area contributed by atoms with Crippen LogP contribution in [0.5, 0.6) is 0 Å². The zero-order valence-electron chi connectivity index (χ0n) is 7.87. The maximum Gasteiger partial charge on any atom is 0.118 e. The average Bonchev–Trinajstić information content (AvgIpc) is 2.03. The average molecular weight is 168 g/mol. The lowest BCUT2D eigenvalue weighted by Crippen LogP contribution is -2.20. The maximum absolute atomic E-state index is 8.66. The van der Waals surface area contributed by atoms with Gasteiger partial charge >= 0.3 is 0 Å². The van der Waals surface area contributed by atoms with E-state index in [0.29, 0.717) is 5.92 Å². The molecule has 1 unspecified atom stereocenters. The van der Waals surface area contributed by atoms with Crippen molar-refractivity contribution in [3.8, 4) is 0 Å². The third-order valence-corrected chi connectivity index (χ3v) is 2.23. The molecular formula is C10H16O2. The summed E-state index contributed by atoms with van der Waals surface area (Å²) in [5, 5.41) is 8.66. The van der Waals surface area contributed by atoms with Crippen molar-refractivity contribution in [2.75, 3.05) is 0 Å². The summed E-state index contributed by atoms with van der Waals surface area (Å²) in [6.07, 6.45) is 4.81. The zero-order chi connectivity index (χ0) is 9.14. The molecule has 0 aromatic rings. The van der Waals surface area contributed by atoms with Crippen molar-refractivity contribution in [3.05, 3.63) is 23.3 Å². The van der Waals surface area contributed by atoms with E-state index in [9.17, 15) is 0 Å². The third-order valence-electron chi connectivity index (χ3n) is 2.23. The summed E-state index contributed by atoms with van der Waals surface area (Å²) in [5.74, 6) is 0.437. The second kappa shape index (κ2) is 3.87. The van der Waals surface area contributed by atoms with Gasteiger partial charge in [-0.25, -0.2) is 4.89 Å². The summed E-state index contributed by atoms with van der Waals surface area (Å²) >= 11 is 0. The molecule has 12 heavy (non-hydrogen) atoms. The molecule has 0 saturated carbocycles. The molecule has 68 valence electrons. The lowest BCUT2D eigenvalue weighted by atomic mass is 9.89. The molecule has 1 rings (SSSR count). The molecule has 1 aliphatic carbocycles. The first-order valence-electron chi connectivity index (χ1n) is 4.32. The van der Waals surface area contributed by atoms with E-state index in [1.165, 1.54) is 11.1 Å². The largest absolute Gasteiger partial charge is 0.251 e. The highest BCUT2D eigenvalue weighted by atomic mass is 17.1. The van der Waals surface area contributed by atoms with Gasteiger partial charge < -0.3 is 0 Å². The third kappa shape index (κ3) is 1.96. The number of allylic oxidation sites excluding steroid dienone is 2. The maximum atomic E-state index is 8.66. The van der Waals surface area contributed by atoms with Crippen LogP contribution in [0.4, 0.5) is 0 Å². The Kier molecular flexibility index (Phi) is 3.06. The van der Waals surface area contributed by atoms with Crippen molar-refractivity contribution in [2.24, 2.45) is 5.92 Å². The molecule has 2 nitrogen and oxygen atoms in total. The van der Waals surface area contributed by atoms with Crippen molar-refractivity contribution >= 4 is 0 Å². The summed E-state index contributed by atoms with van der Waals surface area (Å²) in [7, 11) is 0. The van der Waals surface area contributed by atoms with Gasteiger partial charge in [0.15, 0.2) is 0 Å². The van der Waals surface area contributed by atoms with Gasteiger partial charge in [0.2, 0.25) is 0 Å². The molecule has 1 atom stereocenters. The fourth-order valence-corrected chi connectivity index (χ4v) is 1.49. The SMILES string of the molecule is CC1=CC=C(C(C)C)C(OO)C1. The summed E-state index contributed by atoms with van der Waals surface area (Å²) in [4.78, 5) is 4.43. The van der Waals surface area contributed by atoms with E-state index in [-0.39, 0.29) is 6.10 Å². The highest BCUT2D eigenvalue weighted by Crippen LogP contribution is 2.26. The first-order chi connectivity index (χ1) is 5.65. The molecule has 1 aliphatic rings. The van der Waals surface area contributed by atoms with E-state index in [1.54, 1.807) is 0 Å². The summed E-state index contributed by atoms with van der Waals surface area (Å²) in [6, 6.07) is 0. The van der Waals surface area contributed by atoms with Crippen molar-refractivity contribution in [3.63, 3.8) is 0 Å². The molecule has 0 heterocycles. The van der Waals surface area contributed by atoms with E-state index in [1.807, 2.05) is 13.0 Å². The van der Waals surface area contributed by atoms with Crippen LogP contribution in [0.25, 0.3) is 0 Å². The molecule has 2 heteroatoms. The second-order valence-corrected chi connectivity index (χ2v) is 3.63. The summed E-state index contributed by atoms with van der Waals surface area (Å²) < 4.78 is 0. The zero-order valence-corrected chi connectivity index (χ0v) is 7.87. The Morgan fingerprint density at radius 2 is 2.17 bits per heavy atom. The first kappa shape index (κ1) is 9.49. The van der Waals surface area contributed by atoms with Crippen LogP contribution in [-0.4, -0.2) is 11.4 Å². The normalized spacial score (nSPS) is 23.9. The van der Waals surface area contributed by atoms with Gasteiger partial charge in [-0.15, -0.1) is 0 Å². The van der Waals surface area contributed by atoms with Crippen molar-refractivity contribution in [1.82, 2.24) is 0 Å². The fourth-order valence-electron chi connectivity index (χ4n) is 1.49. The predicted molar refractivity (Wildman–Crippen MR) is 48.8 cm³/mol. The second-order valence-electron chi connectivity index (χ2n) is 3.63. The predicted octanol–water partition coefficient (Wildman–Crippen LogP) is 2.78. The lowest BCUT2D eigenvalue weighted by molar-refractivity contribution is -0.269. The first-order valence-corrected chi connectivity index (χ1v) is 4.32. The van der Waals surface area contributed by atoms with Gasteiger partial charge in [0, 0.05) is 6.42 Å². The van der Waals surface area contributed by atoms with E-state index >= 15 is 0 Å². The van der Waals surface area contributed by atoms with Gasteiger partial charge in [-0.3, -0.25) is 5.26 Å². The molecule has 0 bridgehead atoms. The molecule has 0 saturated heterocycles. The Balaban J connectivity index is 2.79. The topological polar surface area (TPSA) is 29.5 Å². The van der Waals surface area contributed by atoms with Crippen molar-refractivity contribution in [2.45, 2.75) is 33.3 Å². The molecule has 0 amide bonds. The van der Waals surface area contributed by atoms with Gasteiger partial charge in [0.05, 0.1) is 0 Å². The Morgan fingerprint density at radius 1 is 1.50 bits per heavy atom. The van der Waals surface area contributed by atoms with Crippen LogP contribution in [0.15, 0.2) is 23.3 Å². The Morgan fingerprint density at radius 3 is 2.67 bits per heavy atom. The van der Waals surface area contributed by atoms with Crippen LogP contribution in [0.3, 0.4) is 0 Å². The molecule has 0 spiro atoms. The van der Waals surface area contributed by atoms with Crippen LogP contribution in [0, 0.1) is 5.92 Å². The standard InChI is InChI=1S/C10H16O2/c1-7(2)9-5-4-8(3)6-10(9)12-11/h4-5,7,10-11H,6H2,1-3H3. The minimum Gasteiger partial charge on any atom is -0.251 e. The Hall–Kier alpha value is -0.600. The smallest absolute Gasteiger partial charge is 0.118 e. The minimum atomic E-state index is -0.130. The molecule has 0 aromatic heterocycles. The van der Waals surface area contributed by atoms with E-state index in [2.05, 4.69) is 24.8 Å². The van der Waals surface area contributed by atoms with Crippen molar-refractivity contribution < 1.29 is 10.1 Å². The molecule has 0 radical (unpaired) electrons. The highest BCUT2D eigenvalue weighted by Gasteiger charge is 2.20. The summed E-state index contributed by atoms with van der Waals surface area (Å²) in [5.41, 5.74) is 2.42. The van der Waals surface area contributed by atoms with Gasteiger partial charge in [-0.05, 0) is 18.4 Å². The fraction of sp³-hybridized carbons (Fsp3) is 0.600. The number of hydrogen-bond acceptors (Lipinski definition) is 2. The highest BCUT2D eigenvalue weighted by molar-refractivity contribution is 5.27. The van der Waals surface area contributed by atoms with Crippen LogP contribution >= 0.6 is 0 Å². The van der Waals surface area contributed by atoms with Gasteiger partial charge in [-0.2, -0.15) is 0 Å². The molecule has 0 aliphatic heterocycles. The van der Waals surface area contributed by atoms with E-state index in [0.717, 1.165) is 6.42 Å². The molecule has 0 aromatic carbocycles. The van der Waals surface area contributed by atoms with E-state index < -0.39 is 0 Å². The van der Waals surface area contributed by atoms with Crippen LogP contribution < -0.4 is 0 Å². The van der Waals surface area contributed by atoms with Crippen LogP contribution in [0.1, 0.15) is 27.2 Å². The van der Waals surface area contributed by atoms with Crippen LogP contribution in [-0.2, 0) is 4.89 Å². The summed E-state index contributed by atoms with van der Waals surface area (Å²) in [6.45, 7) is 6.25. The Bertz CT molecular complexity index is 214. The monoisotopic (exact) mass is 168 g/mol. The molecular weight excluding hydrogens is 152 g/mol. The minimum absolute atomic E-state index is 0.130.